The third kappa shape index (κ3) is 5.01. The van der Waals surface area contributed by atoms with E-state index in [4.69, 9.17) is 11.6 Å². The van der Waals surface area contributed by atoms with Crippen molar-refractivity contribution in [3.05, 3.63) is 52.5 Å². The molecule has 3 rings (SSSR count). The maximum atomic E-state index is 13.0. The van der Waals surface area contributed by atoms with Crippen LogP contribution in [0.15, 0.2) is 41.3 Å². The van der Waals surface area contributed by atoms with Crippen LogP contribution in [0.4, 0.5) is 11.4 Å². The molecule has 0 bridgehead atoms. The van der Waals surface area contributed by atoms with Crippen LogP contribution in [0.25, 0.3) is 0 Å². The van der Waals surface area contributed by atoms with Crippen LogP contribution in [-0.4, -0.2) is 47.0 Å². The van der Waals surface area contributed by atoms with Crippen molar-refractivity contribution in [3.63, 3.8) is 0 Å². The first-order valence-electron chi connectivity index (χ1n) is 9.48. The van der Waals surface area contributed by atoms with Crippen molar-refractivity contribution in [1.82, 2.24) is 10.6 Å². The first-order valence-corrected chi connectivity index (χ1v) is 11.3. The lowest BCUT2D eigenvalue weighted by Crippen LogP contribution is -2.43. The molecule has 0 unspecified atom stereocenters. The lowest BCUT2D eigenvalue weighted by molar-refractivity contribution is 0.0956. The maximum absolute atomic E-state index is 13.0. The number of rotatable bonds is 6. The van der Waals surface area contributed by atoms with E-state index >= 15 is 0 Å². The fourth-order valence-corrected chi connectivity index (χ4v) is 4.48. The van der Waals surface area contributed by atoms with Gasteiger partial charge < -0.3 is 15.5 Å². The van der Waals surface area contributed by atoms with Gasteiger partial charge in [0.2, 0.25) is 0 Å². The van der Waals surface area contributed by atoms with Crippen molar-refractivity contribution < 1.29 is 13.2 Å². The molecule has 2 aromatic rings. The highest BCUT2D eigenvalue weighted by Gasteiger charge is 2.21. The second-order valence-corrected chi connectivity index (χ2v) is 8.93. The predicted octanol–water partition coefficient (Wildman–Crippen LogP) is 2.61. The van der Waals surface area contributed by atoms with Crippen LogP contribution in [0.2, 0.25) is 5.02 Å². The summed E-state index contributed by atoms with van der Waals surface area (Å²) < 4.78 is 28.7. The molecule has 1 aliphatic rings. The molecule has 7 nitrogen and oxygen atoms in total. The number of nitrogens with zero attached hydrogens (tertiary/aromatic N) is 1. The van der Waals surface area contributed by atoms with E-state index in [2.05, 4.69) is 20.3 Å². The standard InChI is InChI=1S/C20H25ClN4O3S/c1-3-23-20(26)15-5-7-19(25-10-8-22-9-11-25)18(12-15)24-29(27,28)16-6-4-14(2)17(21)13-16/h4-7,12-13,22,24H,3,8-11H2,1-2H3,(H,23,26). The predicted molar refractivity (Wildman–Crippen MR) is 117 cm³/mol. The topological polar surface area (TPSA) is 90.5 Å². The van der Waals surface area contributed by atoms with Crippen molar-refractivity contribution >= 4 is 38.9 Å². The van der Waals surface area contributed by atoms with Crippen LogP contribution >= 0.6 is 11.6 Å². The molecule has 1 aliphatic heterocycles. The Morgan fingerprint density at radius 3 is 2.55 bits per heavy atom. The Bertz CT molecular complexity index is 1000. The summed E-state index contributed by atoms with van der Waals surface area (Å²) in [7, 11) is -3.88. The van der Waals surface area contributed by atoms with Crippen LogP contribution in [-0.2, 0) is 10.0 Å². The van der Waals surface area contributed by atoms with Crippen LogP contribution in [0, 0.1) is 6.92 Å². The Morgan fingerprint density at radius 2 is 1.90 bits per heavy atom. The molecular formula is C20H25ClN4O3S. The molecule has 9 heteroatoms. The fraction of sp³-hybridized carbons (Fsp3) is 0.350. The molecule has 1 amide bonds. The molecule has 1 fully saturated rings. The normalized spacial score (nSPS) is 14.5. The summed E-state index contributed by atoms with van der Waals surface area (Å²) >= 11 is 6.12. The van der Waals surface area contributed by atoms with E-state index in [0.29, 0.717) is 22.8 Å². The summed E-state index contributed by atoms with van der Waals surface area (Å²) in [5, 5.41) is 6.40. The summed E-state index contributed by atoms with van der Waals surface area (Å²) in [6, 6.07) is 9.69. The Hall–Kier alpha value is -2.29. The molecule has 1 saturated heterocycles. The zero-order valence-corrected chi connectivity index (χ0v) is 18.0. The van der Waals surface area contributed by atoms with Gasteiger partial charge in [-0.15, -0.1) is 0 Å². The summed E-state index contributed by atoms with van der Waals surface area (Å²) in [6.07, 6.45) is 0. The van der Waals surface area contributed by atoms with Gasteiger partial charge in [-0.05, 0) is 49.7 Å². The summed E-state index contributed by atoms with van der Waals surface area (Å²) in [4.78, 5) is 14.4. The highest BCUT2D eigenvalue weighted by atomic mass is 35.5. The molecule has 156 valence electrons. The molecular weight excluding hydrogens is 412 g/mol. The van der Waals surface area contributed by atoms with Gasteiger partial charge in [0.1, 0.15) is 0 Å². The number of sulfonamides is 1. The molecule has 0 saturated carbocycles. The number of anilines is 2. The average molecular weight is 437 g/mol. The summed E-state index contributed by atoms with van der Waals surface area (Å²) in [6.45, 7) is 7.22. The second-order valence-electron chi connectivity index (χ2n) is 6.84. The largest absolute Gasteiger partial charge is 0.367 e. The van der Waals surface area contributed by atoms with Gasteiger partial charge in [0.25, 0.3) is 15.9 Å². The van der Waals surface area contributed by atoms with Gasteiger partial charge >= 0.3 is 0 Å². The molecule has 0 spiro atoms. The number of benzene rings is 2. The molecule has 3 N–H and O–H groups in total. The van der Waals surface area contributed by atoms with Gasteiger partial charge in [-0.3, -0.25) is 9.52 Å². The van der Waals surface area contributed by atoms with E-state index in [9.17, 15) is 13.2 Å². The van der Waals surface area contributed by atoms with E-state index in [1.807, 2.05) is 13.8 Å². The minimum atomic E-state index is -3.88. The Kier molecular flexibility index (Phi) is 6.66. The third-order valence-electron chi connectivity index (χ3n) is 4.75. The van der Waals surface area contributed by atoms with Gasteiger partial charge in [0.05, 0.1) is 16.3 Å². The molecule has 1 heterocycles. The third-order valence-corrected chi connectivity index (χ3v) is 6.52. The van der Waals surface area contributed by atoms with Gasteiger partial charge in [-0.2, -0.15) is 0 Å². The van der Waals surface area contributed by atoms with Crippen LogP contribution in [0.5, 0.6) is 0 Å². The van der Waals surface area contributed by atoms with Crippen molar-refractivity contribution in [1.29, 1.82) is 0 Å². The number of piperazine rings is 1. The maximum Gasteiger partial charge on any atom is 0.262 e. The zero-order valence-electron chi connectivity index (χ0n) is 16.5. The molecule has 0 aromatic heterocycles. The average Bonchev–Trinajstić information content (AvgIpc) is 2.70. The molecule has 0 atom stereocenters. The van der Waals surface area contributed by atoms with Crippen LogP contribution in [0.1, 0.15) is 22.8 Å². The number of hydrogen-bond donors (Lipinski definition) is 3. The van der Waals surface area contributed by atoms with E-state index in [0.717, 1.165) is 37.4 Å². The van der Waals surface area contributed by atoms with Crippen LogP contribution < -0.4 is 20.3 Å². The number of carbonyl (C=O) groups excluding carboxylic acids is 1. The second kappa shape index (κ2) is 9.02. The molecule has 2 aromatic carbocycles. The monoisotopic (exact) mass is 436 g/mol. The Balaban J connectivity index is 2.00. The minimum Gasteiger partial charge on any atom is -0.367 e. The lowest BCUT2D eigenvalue weighted by atomic mass is 10.1. The summed E-state index contributed by atoms with van der Waals surface area (Å²) in [5.41, 5.74) is 2.30. The van der Waals surface area contributed by atoms with E-state index in [1.54, 1.807) is 24.3 Å². The molecule has 0 aliphatic carbocycles. The van der Waals surface area contributed by atoms with E-state index in [1.165, 1.54) is 12.1 Å². The number of nitrogens with one attached hydrogen (secondary N) is 3. The van der Waals surface area contributed by atoms with Gasteiger partial charge in [-0.25, -0.2) is 8.42 Å². The van der Waals surface area contributed by atoms with Crippen molar-refractivity contribution in [2.75, 3.05) is 42.3 Å². The van der Waals surface area contributed by atoms with Crippen molar-refractivity contribution in [3.8, 4) is 0 Å². The summed E-state index contributed by atoms with van der Waals surface area (Å²) in [5.74, 6) is -0.252. The quantitative estimate of drug-likeness (QED) is 0.647. The Labute approximate surface area is 176 Å². The first kappa shape index (κ1) is 21.4. The highest BCUT2D eigenvalue weighted by molar-refractivity contribution is 7.92. The number of halogens is 1. The number of aryl methyl sites for hydroxylation is 1. The van der Waals surface area contributed by atoms with E-state index in [-0.39, 0.29) is 10.8 Å². The fourth-order valence-electron chi connectivity index (χ4n) is 3.15. The lowest BCUT2D eigenvalue weighted by Gasteiger charge is -2.31. The molecule has 29 heavy (non-hydrogen) atoms. The molecule has 0 radical (unpaired) electrons. The Morgan fingerprint density at radius 1 is 1.17 bits per heavy atom. The van der Waals surface area contributed by atoms with Crippen molar-refractivity contribution in [2.45, 2.75) is 18.7 Å². The highest BCUT2D eigenvalue weighted by Crippen LogP contribution is 2.30. The number of hydrogen-bond acceptors (Lipinski definition) is 5. The minimum absolute atomic E-state index is 0.0720. The first-order chi connectivity index (χ1) is 13.8. The number of carbonyl (C=O) groups is 1. The van der Waals surface area contributed by atoms with Crippen molar-refractivity contribution in [2.24, 2.45) is 0 Å². The van der Waals surface area contributed by atoms with Gasteiger partial charge in [0.15, 0.2) is 0 Å². The zero-order chi connectivity index (χ0) is 21.0. The van der Waals surface area contributed by atoms with Crippen LogP contribution in [0.3, 0.4) is 0 Å². The number of amides is 1. The van der Waals surface area contributed by atoms with Gasteiger partial charge in [0, 0.05) is 43.3 Å². The van der Waals surface area contributed by atoms with E-state index < -0.39 is 10.0 Å². The SMILES string of the molecule is CCNC(=O)c1ccc(N2CCNCC2)c(NS(=O)(=O)c2ccc(C)c(Cl)c2)c1. The smallest absolute Gasteiger partial charge is 0.262 e. The van der Waals surface area contributed by atoms with Gasteiger partial charge in [-0.1, -0.05) is 17.7 Å².